The number of aliphatic hydroxyl groups excluding tert-OH is 3. The van der Waals surface area contributed by atoms with Crippen LogP contribution in [-0.2, 0) is 34.3 Å². The summed E-state index contributed by atoms with van der Waals surface area (Å²) in [5.41, 5.74) is 5.69. The molecule has 392 valence electrons. The van der Waals surface area contributed by atoms with Gasteiger partial charge in [0.1, 0.15) is 29.5 Å². The van der Waals surface area contributed by atoms with E-state index in [0.29, 0.717) is 53.9 Å². The number of carbonyl (C=O) groups excluding carboxylic acids is 2. The van der Waals surface area contributed by atoms with Crippen LogP contribution >= 0.6 is 0 Å². The maximum absolute atomic E-state index is 16.1. The van der Waals surface area contributed by atoms with E-state index in [2.05, 4.69) is 38.5 Å². The molecule has 0 unspecified atom stereocenters. The Labute approximate surface area is 438 Å². The summed E-state index contributed by atoms with van der Waals surface area (Å²) in [5.74, 6) is 3.63. The van der Waals surface area contributed by atoms with E-state index in [9.17, 15) is 30.6 Å². The minimum Gasteiger partial charge on any atom is -0.507 e. The lowest BCUT2D eigenvalue weighted by molar-refractivity contribution is -0.135. The number of aromatic nitrogens is 2. The summed E-state index contributed by atoms with van der Waals surface area (Å²) < 4.78 is 6.50. The van der Waals surface area contributed by atoms with E-state index in [1.165, 1.54) is 0 Å². The second kappa shape index (κ2) is 21.0. The van der Waals surface area contributed by atoms with E-state index in [0.717, 1.165) is 84.9 Å². The van der Waals surface area contributed by atoms with Gasteiger partial charge < -0.3 is 56.0 Å². The lowest BCUT2D eigenvalue weighted by atomic mass is 9.65. The van der Waals surface area contributed by atoms with Crippen LogP contribution in [0.4, 0.5) is 5.82 Å². The molecular formula is C62H70N4O9. The molecule has 5 aromatic rings. The average molecular weight is 1020 g/mol. The van der Waals surface area contributed by atoms with Crippen molar-refractivity contribution >= 4 is 29.5 Å². The Balaban J connectivity index is 1.12. The van der Waals surface area contributed by atoms with Gasteiger partial charge in [-0.2, -0.15) is 0 Å². The molecule has 6 aliphatic rings. The number of fused-ring (bicyclic) bond motifs is 9. The van der Waals surface area contributed by atoms with E-state index in [1.54, 1.807) is 36.4 Å². The van der Waals surface area contributed by atoms with Crippen molar-refractivity contribution in [2.24, 2.45) is 17.8 Å². The Morgan fingerprint density at radius 1 is 0.853 bits per heavy atom. The maximum Gasteiger partial charge on any atom is 0.163 e. The Morgan fingerprint density at radius 3 is 2.47 bits per heavy atom. The van der Waals surface area contributed by atoms with Crippen molar-refractivity contribution in [1.29, 1.82) is 0 Å². The zero-order valence-electron chi connectivity index (χ0n) is 42.7. The molecule has 13 heteroatoms. The van der Waals surface area contributed by atoms with Gasteiger partial charge in [0, 0.05) is 72.5 Å². The molecule has 0 radical (unpaired) electrons. The molecule has 2 fully saturated rings. The number of ketones is 2. The van der Waals surface area contributed by atoms with Crippen LogP contribution in [0.5, 0.6) is 17.2 Å². The number of aromatic amines is 2. The van der Waals surface area contributed by atoms with Gasteiger partial charge in [-0.1, -0.05) is 67.2 Å². The van der Waals surface area contributed by atoms with E-state index in [4.69, 9.17) is 4.74 Å². The highest BCUT2D eigenvalue weighted by molar-refractivity contribution is 6.05. The van der Waals surface area contributed by atoms with Crippen LogP contribution in [0.2, 0.25) is 0 Å². The van der Waals surface area contributed by atoms with Crippen LogP contribution in [0, 0.1) is 29.6 Å². The molecule has 13 nitrogen and oxygen atoms in total. The number of phenolic OH excluding ortho intramolecular Hbond substituents is 2. The molecule has 10 N–H and O–H groups in total. The van der Waals surface area contributed by atoms with E-state index < -0.39 is 65.3 Å². The first-order chi connectivity index (χ1) is 36.4. The topological polar surface area (TPSA) is 220 Å². The SMILES string of the molecule is CNC[C@H]1C#C[C@@H]2Nc3[nH]ccc3Cc3cc(ccc3C3(CCCC3)[C@H]1O)[C@H](O)c1cc(cc(OC3CCCC3)c1O)CCC(=O)[C@H](CCO)C(=O)[C@@H]1C2=Cc2[nH]ccc2[C@@H]1C[C@]1(O)C=Cc2c(O)cccc2CC1. The quantitative estimate of drug-likeness (QED) is 0.0527. The fraction of sp³-hybridized carbons (Fsp3) is 0.452. The third kappa shape index (κ3) is 9.65. The normalized spacial score (nSPS) is 27.4. The van der Waals surface area contributed by atoms with Crippen molar-refractivity contribution in [3.8, 4) is 29.1 Å². The van der Waals surface area contributed by atoms with Crippen molar-refractivity contribution < 1.29 is 45.0 Å². The number of aromatic hydroxyl groups is 2. The third-order valence-corrected chi connectivity index (χ3v) is 17.7. The number of hydrogen-bond acceptors (Lipinski definition) is 11. The molecule has 2 saturated carbocycles. The van der Waals surface area contributed by atoms with Gasteiger partial charge in [-0.05, 0) is 159 Å². The monoisotopic (exact) mass is 1010 g/mol. The highest BCUT2D eigenvalue weighted by Gasteiger charge is 2.49. The first kappa shape index (κ1) is 50.7. The van der Waals surface area contributed by atoms with Crippen molar-refractivity contribution in [2.75, 3.05) is 25.5 Å². The fourth-order valence-electron chi connectivity index (χ4n) is 13.8. The molecule has 2 aromatic heterocycles. The summed E-state index contributed by atoms with van der Waals surface area (Å²) in [4.78, 5) is 38.0. The van der Waals surface area contributed by atoms with Crippen molar-refractivity contribution in [3.63, 3.8) is 0 Å². The van der Waals surface area contributed by atoms with Gasteiger partial charge in [0.25, 0.3) is 0 Å². The molecular weight excluding hydrogens is 945 g/mol. The van der Waals surface area contributed by atoms with Gasteiger partial charge in [0.15, 0.2) is 17.3 Å². The van der Waals surface area contributed by atoms with Gasteiger partial charge in [-0.25, -0.2) is 0 Å². The Hall–Kier alpha value is -6.40. The highest BCUT2D eigenvalue weighted by Crippen LogP contribution is 2.51. The van der Waals surface area contributed by atoms with Gasteiger partial charge >= 0.3 is 0 Å². The first-order valence-electron chi connectivity index (χ1n) is 27.3. The number of phenols is 2. The molecule has 75 heavy (non-hydrogen) atoms. The lowest BCUT2D eigenvalue weighted by Crippen LogP contribution is -2.45. The zero-order valence-corrected chi connectivity index (χ0v) is 42.7. The summed E-state index contributed by atoms with van der Waals surface area (Å²) in [6.45, 7) is -0.0743. The maximum atomic E-state index is 16.1. The fourth-order valence-corrected chi connectivity index (χ4v) is 13.8. The molecule has 8 atom stereocenters. The summed E-state index contributed by atoms with van der Waals surface area (Å²) >= 11 is 0. The van der Waals surface area contributed by atoms with E-state index in [-0.39, 0.29) is 60.4 Å². The predicted octanol–water partition coefficient (Wildman–Crippen LogP) is 8.21. The number of Topliss-reactive ketones (excluding diaryl/α,β-unsaturated/α-hetero) is 2. The first-order valence-corrected chi connectivity index (χ1v) is 27.3. The molecule has 1 spiro atoms. The molecule has 2 aliphatic heterocycles. The number of benzene rings is 3. The van der Waals surface area contributed by atoms with E-state index in [1.807, 2.05) is 55.8 Å². The summed E-state index contributed by atoms with van der Waals surface area (Å²) in [5, 5.41) is 79.2. The van der Waals surface area contributed by atoms with Gasteiger partial charge in [0.2, 0.25) is 0 Å². The number of carbonyl (C=O) groups is 2. The van der Waals surface area contributed by atoms with Crippen molar-refractivity contribution in [2.45, 2.75) is 138 Å². The minimum absolute atomic E-state index is 0.0793. The predicted molar refractivity (Wildman–Crippen MR) is 287 cm³/mol. The molecule has 0 saturated heterocycles. The van der Waals surface area contributed by atoms with Crippen LogP contribution in [-0.4, -0.2) is 96.2 Å². The number of ether oxygens (including phenoxy) is 1. The van der Waals surface area contributed by atoms with Gasteiger partial charge in [0.05, 0.1) is 29.6 Å². The molecule has 4 aliphatic carbocycles. The molecule has 3 aromatic carbocycles. The number of aryl methyl sites for hydroxylation is 2. The average Bonchev–Trinajstić information content (AvgIpc) is 4.26. The highest BCUT2D eigenvalue weighted by atomic mass is 16.5. The summed E-state index contributed by atoms with van der Waals surface area (Å²) in [7, 11) is 1.84. The standard InChI is InChI=1S/C62H70N4O9/c1-63-35-40-13-15-50-46-33-51-44(20-27-64-51)48(34-61(74)24-17-37-7-6-10-52(68)43(37)18-25-61)55(46)58(72)45(21-28-67)53(69)16-11-36-29-47(57(71)54(30-36)75-42-8-2-3-9-42)56(70)38-12-14-49(62(59(40)73)22-4-5-23-62)41(31-38)32-39-19-26-65-60(39)66-50/h6-7,10,12,14,18-20,25-27,29-31,33,40,42,45,48,50,55-56,59,63-68,70-71,73-74H,2-5,8-9,11,16-17,21-24,28,32,34-35H2,1H3/t40-,45+,48+,50+,55-,56+,59+,61-/m1/s1. The van der Waals surface area contributed by atoms with Crippen LogP contribution in [0.3, 0.4) is 0 Å². The number of H-pyrrole nitrogens is 2. The van der Waals surface area contributed by atoms with Crippen molar-refractivity contribution in [1.82, 2.24) is 15.3 Å². The third-order valence-electron chi connectivity index (χ3n) is 17.7. The van der Waals surface area contributed by atoms with E-state index >= 15 is 9.59 Å². The second-order valence-corrected chi connectivity index (χ2v) is 22.3. The lowest BCUT2D eigenvalue weighted by Gasteiger charge is -2.40. The molecule has 0 amide bonds. The number of nitrogens with one attached hydrogen (secondary N) is 4. The number of rotatable bonds is 8. The van der Waals surface area contributed by atoms with Crippen LogP contribution < -0.4 is 15.4 Å². The summed E-state index contributed by atoms with van der Waals surface area (Å²) in [6.07, 6.45) is 14.8. The van der Waals surface area contributed by atoms with Crippen molar-refractivity contribution in [3.05, 3.63) is 140 Å². The van der Waals surface area contributed by atoms with Gasteiger partial charge in [-0.3, -0.25) is 9.59 Å². The minimum atomic E-state index is -1.46. The summed E-state index contributed by atoms with van der Waals surface area (Å²) in [6, 6.07) is 17.9. The second-order valence-electron chi connectivity index (χ2n) is 22.3. The molecule has 11 rings (SSSR count). The smallest absolute Gasteiger partial charge is 0.163 e. The molecule has 4 heterocycles. The van der Waals surface area contributed by atoms with Crippen LogP contribution in [0.1, 0.15) is 145 Å². The Morgan fingerprint density at radius 2 is 1.67 bits per heavy atom. The largest absolute Gasteiger partial charge is 0.507 e. The van der Waals surface area contributed by atoms with Gasteiger partial charge in [-0.15, -0.1) is 0 Å². The Bertz CT molecular complexity index is 3090. The molecule has 5 bridgehead atoms. The number of hydrogen-bond donors (Lipinski definition) is 10. The zero-order chi connectivity index (χ0) is 52.0. The van der Waals surface area contributed by atoms with Crippen LogP contribution in [0.25, 0.3) is 12.2 Å². The number of anilines is 1. The van der Waals surface area contributed by atoms with Crippen LogP contribution in [0.15, 0.2) is 84.7 Å². The Kier molecular flexibility index (Phi) is 14.2. The number of aliphatic hydroxyl groups is 4.